The third-order valence-corrected chi connectivity index (χ3v) is 4.50. The van der Waals surface area contributed by atoms with E-state index in [0.29, 0.717) is 24.3 Å². The maximum absolute atomic E-state index is 12.6. The average Bonchev–Trinajstić information content (AvgIpc) is 2.62. The summed E-state index contributed by atoms with van der Waals surface area (Å²) in [6.45, 7) is 1.24. The van der Waals surface area contributed by atoms with Crippen LogP contribution >= 0.6 is 0 Å². The van der Waals surface area contributed by atoms with Crippen molar-refractivity contribution in [2.45, 2.75) is 24.9 Å². The molecule has 1 fully saturated rings. The number of Topliss-reactive ketones (excluding diaryl/α,β-unsaturated/α-hetero) is 1. The number of rotatable bonds is 0. The van der Waals surface area contributed by atoms with E-state index < -0.39 is 5.60 Å². The van der Waals surface area contributed by atoms with Crippen molar-refractivity contribution in [3.63, 3.8) is 0 Å². The molecular formula is C21H18O3. The number of carbonyl (C=O) groups excluding carboxylic acids is 1. The average molecular weight is 318 g/mol. The first kappa shape index (κ1) is 15.0. The Morgan fingerprint density at radius 2 is 1.83 bits per heavy atom. The smallest absolute Gasteiger partial charge is 0.170 e. The molecule has 120 valence electrons. The lowest BCUT2D eigenvalue weighted by atomic mass is 9.85. The van der Waals surface area contributed by atoms with Gasteiger partial charge in [-0.15, -0.1) is 0 Å². The van der Waals surface area contributed by atoms with Crippen LogP contribution in [0.3, 0.4) is 0 Å². The highest BCUT2D eigenvalue weighted by Gasteiger charge is 2.42. The predicted octanol–water partition coefficient (Wildman–Crippen LogP) is 3.60. The summed E-state index contributed by atoms with van der Waals surface area (Å²) in [5.74, 6) is 7.01. The van der Waals surface area contributed by atoms with E-state index in [4.69, 9.17) is 9.47 Å². The number of hydrogen-bond acceptors (Lipinski definition) is 3. The topological polar surface area (TPSA) is 35.5 Å². The summed E-state index contributed by atoms with van der Waals surface area (Å²) < 4.78 is 11.7. The Kier molecular flexibility index (Phi) is 3.84. The van der Waals surface area contributed by atoms with Crippen molar-refractivity contribution in [3.05, 3.63) is 65.2 Å². The van der Waals surface area contributed by atoms with Crippen molar-refractivity contribution >= 4 is 5.78 Å². The fourth-order valence-electron chi connectivity index (χ4n) is 3.28. The minimum absolute atomic E-state index is 0.116. The van der Waals surface area contributed by atoms with Crippen molar-refractivity contribution in [2.75, 3.05) is 13.2 Å². The molecule has 0 N–H and O–H groups in total. The van der Waals surface area contributed by atoms with Crippen LogP contribution in [0, 0.1) is 11.8 Å². The first-order valence-corrected chi connectivity index (χ1v) is 8.25. The van der Waals surface area contributed by atoms with Gasteiger partial charge in [-0.3, -0.25) is 4.79 Å². The van der Waals surface area contributed by atoms with Crippen molar-refractivity contribution in [3.8, 4) is 17.6 Å². The van der Waals surface area contributed by atoms with Gasteiger partial charge in [-0.1, -0.05) is 30.0 Å². The monoisotopic (exact) mass is 318 g/mol. The summed E-state index contributed by atoms with van der Waals surface area (Å²) in [6.07, 6.45) is 2.19. The minimum Gasteiger partial charge on any atom is -0.484 e. The SMILES string of the molecule is O=C1CC2(CCCOC2)Oc2ccc(C#Cc3ccccc3)cc21. The third-order valence-electron chi connectivity index (χ3n) is 4.50. The van der Waals surface area contributed by atoms with Crippen molar-refractivity contribution in [2.24, 2.45) is 0 Å². The Morgan fingerprint density at radius 3 is 2.62 bits per heavy atom. The summed E-state index contributed by atoms with van der Waals surface area (Å²) in [7, 11) is 0. The Morgan fingerprint density at radius 1 is 1.00 bits per heavy atom. The molecule has 0 aliphatic carbocycles. The van der Waals surface area contributed by atoms with E-state index in [1.807, 2.05) is 48.5 Å². The molecule has 0 radical (unpaired) electrons. The molecule has 0 bridgehead atoms. The van der Waals surface area contributed by atoms with Crippen LogP contribution in [0.5, 0.6) is 5.75 Å². The van der Waals surface area contributed by atoms with E-state index in [0.717, 1.165) is 30.6 Å². The summed E-state index contributed by atoms with van der Waals surface area (Å²) in [6, 6.07) is 15.4. The molecule has 2 aromatic carbocycles. The van der Waals surface area contributed by atoms with Crippen LogP contribution in [0.1, 0.15) is 40.7 Å². The molecule has 3 nitrogen and oxygen atoms in total. The van der Waals surface area contributed by atoms with Gasteiger partial charge in [0, 0.05) is 17.7 Å². The van der Waals surface area contributed by atoms with E-state index in [9.17, 15) is 4.79 Å². The highest BCUT2D eigenvalue weighted by Crippen LogP contribution is 2.38. The first-order chi connectivity index (χ1) is 11.7. The number of benzene rings is 2. The van der Waals surface area contributed by atoms with E-state index in [1.165, 1.54) is 0 Å². The van der Waals surface area contributed by atoms with E-state index in [-0.39, 0.29) is 5.78 Å². The lowest BCUT2D eigenvalue weighted by Gasteiger charge is -2.40. The lowest BCUT2D eigenvalue weighted by Crippen LogP contribution is -2.48. The number of ketones is 1. The van der Waals surface area contributed by atoms with Gasteiger partial charge < -0.3 is 9.47 Å². The van der Waals surface area contributed by atoms with Crippen LogP contribution in [0.4, 0.5) is 0 Å². The summed E-state index contributed by atoms with van der Waals surface area (Å²) >= 11 is 0. The molecule has 2 aliphatic heterocycles. The summed E-state index contributed by atoms with van der Waals surface area (Å²) in [4.78, 5) is 12.6. The Balaban J connectivity index is 1.61. The number of hydrogen-bond donors (Lipinski definition) is 0. The lowest BCUT2D eigenvalue weighted by molar-refractivity contribution is -0.0715. The Hall–Kier alpha value is -2.57. The van der Waals surface area contributed by atoms with Gasteiger partial charge in [-0.25, -0.2) is 0 Å². The zero-order valence-electron chi connectivity index (χ0n) is 13.4. The van der Waals surface area contributed by atoms with Gasteiger partial charge in [-0.2, -0.15) is 0 Å². The molecule has 2 heterocycles. The maximum Gasteiger partial charge on any atom is 0.170 e. The van der Waals surface area contributed by atoms with Crippen molar-refractivity contribution in [1.82, 2.24) is 0 Å². The molecule has 24 heavy (non-hydrogen) atoms. The molecule has 0 aromatic heterocycles. The highest BCUT2D eigenvalue weighted by molar-refractivity contribution is 6.00. The number of ether oxygens (including phenoxy) is 2. The normalized spacial score (nSPS) is 22.2. The fourth-order valence-corrected chi connectivity index (χ4v) is 3.28. The van der Waals surface area contributed by atoms with E-state index in [1.54, 1.807) is 0 Å². The van der Waals surface area contributed by atoms with Gasteiger partial charge >= 0.3 is 0 Å². The van der Waals surface area contributed by atoms with Gasteiger partial charge in [0.2, 0.25) is 0 Å². The van der Waals surface area contributed by atoms with E-state index in [2.05, 4.69) is 11.8 Å². The molecule has 0 saturated carbocycles. The molecule has 2 aromatic rings. The molecular weight excluding hydrogens is 300 g/mol. The second kappa shape index (κ2) is 6.14. The zero-order valence-corrected chi connectivity index (χ0v) is 13.4. The van der Waals surface area contributed by atoms with Gasteiger partial charge in [0.1, 0.15) is 11.4 Å². The maximum atomic E-state index is 12.6. The van der Waals surface area contributed by atoms with Gasteiger partial charge in [-0.05, 0) is 43.2 Å². The van der Waals surface area contributed by atoms with Crippen LogP contribution in [-0.2, 0) is 4.74 Å². The van der Waals surface area contributed by atoms with Crippen LogP contribution in [0.25, 0.3) is 0 Å². The third kappa shape index (κ3) is 2.93. The standard InChI is InChI=1S/C21H18O3/c22-19-14-21(11-4-12-23-15-21)24-20-10-9-17(13-18(19)20)8-7-16-5-2-1-3-6-16/h1-3,5-6,9-10,13H,4,11-12,14-15H2. The first-order valence-electron chi connectivity index (χ1n) is 8.25. The quantitative estimate of drug-likeness (QED) is 0.696. The number of fused-ring (bicyclic) bond motifs is 1. The zero-order chi connectivity index (χ0) is 16.4. The largest absolute Gasteiger partial charge is 0.484 e. The Labute approximate surface area is 141 Å². The van der Waals surface area contributed by atoms with Crippen molar-refractivity contribution < 1.29 is 14.3 Å². The molecule has 1 saturated heterocycles. The number of carbonyl (C=O) groups is 1. The van der Waals surface area contributed by atoms with Gasteiger partial charge in [0.05, 0.1) is 18.6 Å². The molecule has 2 aliphatic rings. The second-order valence-electron chi connectivity index (χ2n) is 6.37. The molecule has 1 unspecified atom stereocenters. The van der Waals surface area contributed by atoms with Crippen LogP contribution in [-0.4, -0.2) is 24.6 Å². The molecule has 1 atom stereocenters. The van der Waals surface area contributed by atoms with Crippen LogP contribution in [0.15, 0.2) is 48.5 Å². The van der Waals surface area contributed by atoms with Crippen LogP contribution in [0.2, 0.25) is 0 Å². The Bertz CT molecular complexity index is 821. The van der Waals surface area contributed by atoms with Gasteiger partial charge in [0.25, 0.3) is 0 Å². The summed E-state index contributed by atoms with van der Waals surface area (Å²) in [5.41, 5.74) is 1.94. The molecule has 0 amide bonds. The summed E-state index contributed by atoms with van der Waals surface area (Å²) in [5, 5.41) is 0. The highest BCUT2D eigenvalue weighted by atomic mass is 16.5. The van der Waals surface area contributed by atoms with E-state index >= 15 is 0 Å². The molecule has 4 rings (SSSR count). The van der Waals surface area contributed by atoms with Crippen molar-refractivity contribution in [1.29, 1.82) is 0 Å². The molecule has 1 spiro atoms. The van der Waals surface area contributed by atoms with Gasteiger partial charge in [0.15, 0.2) is 5.78 Å². The minimum atomic E-state index is -0.473. The molecule has 3 heteroatoms. The second-order valence-corrected chi connectivity index (χ2v) is 6.37. The predicted molar refractivity (Wildman–Crippen MR) is 91.2 cm³/mol. The fraction of sp³-hybridized carbons (Fsp3) is 0.286. The van der Waals surface area contributed by atoms with Crippen LogP contribution < -0.4 is 4.74 Å².